The van der Waals surface area contributed by atoms with Crippen molar-refractivity contribution >= 4 is 55.3 Å². The van der Waals surface area contributed by atoms with Gasteiger partial charge >= 0.3 is 0 Å². The summed E-state index contributed by atoms with van der Waals surface area (Å²) in [5.74, 6) is -0.153. The molecule has 27 heavy (non-hydrogen) atoms. The van der Waals surface area contributed by atoms with E-state index in [4.69, 9.17) is 16.3 Å². The van der Waals surface area contributed by atoms with Crippen molar-refractivity contribution in [2.75, 3.05) is 13.7 Å². The zero-order chi connectivity index (χ0) is 20.0. The maximum absolute atomic E-state index is 12.8. The third-order valence-electron chi connectivity index (χ3n) is 3.92. The molecule has 0 aliphatic carbocycles. The molecule has 0 spiro atoms. The van der Waals surface area contributed by atoms with Crippen LogP contribution in [0.4, 0.5) is 0 Å². The average Bonchev–Trinajstić information content (AvgIpc) is 2.65. The summed E-state index contributed by atoms with van der Waals surface area (Å²) in [7, 11) is 1.54. The number of ether oxygens (including phenoxy) is 1. The molecule has 1 atom stereocenters. The molecule has 0 heterocycles. The zero-order valence-electron chi connectivity index (χ0n) is 14.8. The predicted molar refractivity (Wildman–Crippen MR) is 113 cm³/mol. The molecule has 0 aromatic heterocycles. The molecule has 0 unspecified atom stereocenters. The standard InChI is InChI=1S/C19H19Br2ClN2O3/c1-12(19(26)23-2)24(10-13-3-5-14(20)6-4-13)18(25)11-27-17-8-7-15(21)9-16(17)22/h3-9,12H,10-11H2,1-2H3,(H,23,26)/t12-/m1/s1. The summed E-state index contributed by atoms with van der Waals surface area (Å²) in [6, 6.07) is 12.1. The minimum atomic E-state index is -0.643. The van der Waals surface area contributed by atoms with Gasteiger partial charge in [-0.2, -0.15) is 0 Å². The van der Waals surface area contributed by atoms with E-state index in [0.717, 1.165) is 14.5 Å². The smallest absolute Gasteiger partial charge is 0.261 e. The van der Waals surface area contributed by atoms with Crippen LogP contribution in [0.5, 0.6) is 5.75 Å². The van der Waals surface area contributed by atoms with Crippen molar-refractivity contribution in [1.82, 2.24) is 10.2 Å². The Kier molecular flexibility index (Phi) is 8.13. The van der Waals surface area contributed by atoms with Crippen LogP contribution in [-0.2, 0) is 16.1 Å². The molecule has 2 aromatic carbocycles. The van der Waals surface area contributed by atoms with Crippen molar-refractivity contribution < 1.29 is 14.3 Å². The van der Waals surface area contributed by atoms with E-state index in [1.807, 2.05) is 24.3 Å². The van der Waals surface area contributed by atoms with Crippen molar-refractivity contribution in [3.63, 3.8) is 0 Å². The Morgan fingerprint density at radius 2 is 1.78 bits per heavy atom. The highest BCUT2D eigenvalue weighted by Crippen LogP contribution is 2.27. The molecule has 0 aliphatic rings. The summed E-state index contributed by atoms with van der Waals surface area (Å²) in [4.78, 5) is 26.4. The Bertz CT molecular complexity index is 815. The summed E-state index contributed by atoms with van der Waals surface area (Å²) < 4.78 is 7.33. The molecule has 8 heteroatoms. The first-order valence-electron chi connectivity index (χ1n) is 8.15. The molecule has 144 valence electrons. The zero-order valence-corrected chi connectivity index (χ0v) is 18.8. The number of likely N-dealkylation sites (N-methyl/N-ethyl adjacent to an activating group) is 1. The summed E-state index contributed by atoms with van der Waals surface area (Å²) >= 11 is 12.8. The summed E-state index contributed by atoms with van der Waals surface area (Å²) in [5, 5.41) is 2.98. The van der Waals surface area contributed by atoms with Gasteiger partial charge in [-0.05, 0) is 42.8 Å². The number of rotatable bonds is 7. The quantitative estimate of drug-likeness (QED) is 0.591. The van der Waals surface area contributed by atoms with Crippen LogP contribution in [0, 0.1) is 0 Å². The molecule has 5 nitrogen and oxygen atoms in total. The van der Waals surface area contributed by atoms with Crippen LogP contribution in [0.25, 0.3) is 0 Å². The van der Waals surface area contributed by atoms with Crippen molar-refractivity contribution in [1.29, 1.82) is 0 Å². The van der Waals surface area contributed by atoms with Crippen LogP contribution >= 0.6 is 43.5 Å². The van der Waals surface area contributed by atoms with Gasteiger partial charge in [0.05, 0.1) is 5.02 Å². The molecule has 0 saturated carbocycles. The molecule has 0 radical (unpaired) electrons. The second kappa shape index (κ2) is 10.1. The highest BCUT2D eigenvalue weighted by Gasteiger charge is 2.26. The monoisotopic (exact) mass is 516 g/mol. The van der Waals surface area contributed by atoms with Crippen molar-refractivity contribution in [2.24, 2.45) is 0 Å². The molecule has 0 aliphatic heterocycles. The second-order valence-corrected chi connectivity index (χ2v) is 8.04. The summed E-state index contributed by atoms with van der Waals surface area (Å²) in [5.41, 5.74) is 0.906. The van der Waals surface area contributed by atoms with Gasteiger partial charge in [-0.1, -0.05) is 55.6 Å². The highest BCUT2D eigenvalue weighted by molar-refractivity contribution is 9.10. The fraction of sp³-hybridized carbons (Fsp3) is 0.263. The first-order valence-corrected chi connectivity index (χ1v) is 10.1. The van der Waals surface area contributed by atoms with Crippen LogP contribution in [0.2, 0.25) is 5.02 Å². The fourth-order valence-electron chi connectivity index (χ4n) is 2.39. The van der Waals surface area contributed by atoms with E-state index in [1.165, 1.54) is 4.90 Å². The predicted octanol–water partition coefficient (Wildman–Crippen LogP) is 4.41. The minimum Gasteiger partial charge on any atom is -0.482 e. The second-order valence-electron chi connectivity index (χ2n) is 5.80. The van der Waals surface area contributed by atoms with E-state index < -0.39 is 6.04 Å². The van der Waals surface area contributed by atoms with Crippen LogP contribution in [-0.4, -0.2) is 36.4 Å². The number of halogens is 3. The minimum absolute atomic E-state index is 0.223. The summed E-state index contributed by atoms with van der Waals surface area (Å²) in [6.45, 7) is 1.75. The molecule has 0 saturated heterocycles. The molecule has 2 rings (SSSR count). The van der Waals surface area contributed by atoms with Crippen LogP contribution in [0.15, 0.2) is 51.4 Å². The number of hydrogen-bond acceptors (Lipinski definition) is 3. The number of carbonyl (C=O) groups is 2. The van der Waals surface area contributed by atoms with Gasteiger partial charge in [-0.15, -0.1) is 0 Å². The van der Waals surface area contributed by atoms with Crippen molar-refractivity contribution in [3.05, 3.63) is 62.0 Å². The van der Waals surface area contributed by atoms with E-state index in [2.05, 4.69) is 37.2 Å². The Morgan fingerprint density at radius 3 is 2.37 bits per heavy atom. The largest absolute Gasteiger partial charge is 0.482 e. The maximum atomic E-state index is 12.8. The topological polar surface area (TPSA) is 58.6 Å². The first-order chi connectivity index (χ1) is 12.8. The number of nitrogens with one attached hydrogen (secondary N) is 1. The molecule has 0 fully saturated rings. The van der Waals surface area contributed by atoms with Crippen LogP contribution in [0.1, 0.15) is 12.5 Å². The van der Waals surface area contributed by atoms with E-state index in [9.17, 15) is 9.59 Å². The number of carbonyl (C=O) groups excluding carboxylic acids is 2. The molecular weight excluding hydrogens is 499 g/mol. The normalized spacial score (nSPS) is 11.6. The highest BCUT2D eigenvalue weighted by atomic mass is 79.9. The van der Waals surface area contributed by atoms with E-state index >= 15 is 0 Å². The van der Waals surface area contributed by atoms with Gasteiger partial charge in [-0.25, -0.2) is 0 Å². The lowest BCUT2D eigenvalue weighted by atomic mass is 10.1. The van der Waals surface area contributed by atoms with Crippen LogP contribution in [0.3, 0.4) is 0 Å². The third kappa shape index (κ3) is 6.23. The summed E-state index contributed by atoms with van der Waals surface area (Å²) in [6.07, 6.45) is 0. The lowest BCUT2D eigenvalue weighted by Crippen LogP contribution is -2.48. The number of benzene rings is 2. The van der Waals surface area contributed by atoms with Gasteiger partial charge in [-0.3, -0.25) is 9.59 Å². The van der Waals surface area contributed by atoms with Gasteiger partial charge in [0.25, 0.3) is 5.91 Å². The van der Waals surface area contributed by atoms with E-state index in [-0.39, 0.29) is 25.0 Å². The third-order valence-corrected chi connectivity index (χ3v) is 5.24. The Labute approximate surface area is 180 Å². The lowest BCUT2D eigenvalue weighted by Gasteiger charge is -2.28. The maximum Gasteiger partial charge on any atom is 0.261 e. The number of amides is 2. The van der Waals surface area contributed by atoms with E-state index in [0.29, 0.717) is 10.8 Å². The van der Waals surface area contributed by atoms with Crippen LogP contribution < -0.4 is 10.1 Å². The SMILES string of the molecule is CNC(=O)[C@@H](C)N(Cc1ccc(Br)cc1)C(=O)COc1ccc(Br)cc1Cl. The Balaban J connectivity index is 2.14. The van der Waals surface area contributed by atoms with Gasteiger partial charge in [0, 0.05) is 22.5 Å². The van der Waals surface area contributed by atoms with Gasteiger partial charge in [0.1, 0.15) is 11.8 Å². The molecule has 1 N–H and O–H groups in total. The molecule has 0 bridgehead atoms. The van der Waals surface area contributed by atoms with Crippen molar-refractivity contribution in [2.45, 2.75) is 19.5 Å². The van der Waals surface area contributed by atoms with Gasteiger partial charge in [0.15, 0.2) is 6.61 Å². The number of nitrogens with zero attached hydrogens (tertiary/aromatic N) is 1. The molecular formula is C19H19Br2ClN2O3. The Morgan fingerprint density at radius 1 is 1.15 bits per heavy atom. The van der Waals surface area contributed by atoms with Gasteiger partial charge in [0.2, 0.25) is 5.91 Å². The first kappa shape index (κ1) is 21.7. The number of hydrogen-bond donors (Lipinski definition) is 1. The molecule has 2 amide bonds. The Hall–Kier alpha value is -1.57. The molecule has 2 aromatic rings. The van der Waals surface area contributed by atoms with Gasteiger partial charge < -0.3 is 15.0 Å². The average molecular weight is 519 g/mol. The van der Waals surface area contributed by atoms with Crippen molar-refractivity contribution in [3.8, 4) is 5.75 Å². The lowest BCUT2D eigenvalue weighted by molar-refractivity contribution is -0.142. The fourth-order valence-corrected chi connectivity index (χ4v) is 3.39. The van der Waals surface area contributed by atoms with E-state index in [1.54, 1.807) is 32.2 Å².